The molecule has 1 aromatic heterocycles. The van der Waals surface area contributed by atoms with Crippen LogP contribution >= 0.6 is 11.3 Å². The van der Waals surface area contributed by atoms with E-state index in [2.05, 4.69) is 6.07 Å². The van der Waals surface area contributed by atoms with Gasteiger partial charge in [0.25, 0.3) is 0 Å². The molecule has 1 aliphatic carbocycles. The van der Waals surface area contributed by atoms with Gasteiger partial charge in [0, 0.05) is 24.6 Å². The maximum absolute atomic E-state index is 12.7. The zero-order chi connectivity index (χ0) is 14.4. The molecule has 112 valence electrons. The molecular formula is C15H24N2O2S. The van der Waals surface area contributed by atoms with Gasteiger partial charge in [-0.3, -0.25) is 4.79 Å². The van der Waals surface area contributed by atoms with E-state index in [1.165, 1.54) is 4.88 Å². The Morgan fingerprint density at radius 2 is 2.30 bits per heavy atom. The van der Waals surface area contributed by atoms with E-state index in [-0.39, 0.29) is 17.9 Å². The van der Waals surface area contributed by atoms with Crippen molar-refractivity contribution in [3.05, 3.63) is 22.4 Å². The number of carbonyl (C=O) groups is 1. The number of amides is 1. The molecule has 2 unspecified atom stereocenters. The Bertz CT molecular complexity index is 408. The first kappa shape index (κ1) is 15.5. The van der Waals surface area contributed by atoms with Crippen LogP contribution in [0.25, 0.3) is 0 Å². The summed E-state index contributed by atoms with van der Waals surface area (Å²) in [5.74, 6) is 0.184. The normalized spacial score (nSPS) is 22.7. The highest BCUT2D eigenvalue weighted by Gasteiger charge is 2.31. The first-order valence-electron chi connectivity index (χ1n) is 7.28. The van der Waals surface area contributed by atoms with Crippen LogP contribution in [0.1, 0.15) is 30.6 Å². The van der Waals surface area contributed by atoms with Crippen LogP contribution in [0.3, 0.4) is 0 Å². The Labute approximate surface area is 124 Å². The molecule has 2 N–H and O–H groups in total. The lowest BCUT2D eigenvalue weighted by Crippen LogP contribution is -2.46. The molecule has 0 radical (unpaired) electrons. The second kappa shape index (κ2) is 7.76. The number of methoxy groups -OCH3 is 1. The number of nitrogens with zero attached hydrogens (tertiary/aromatic N) is 1. The van der Waals surface area contributed by atoms with E-state index in [4.69, 9.17) is 10.5 Å². The number of carbonyl (C=O) groups excluding carboxylic acids is 1. The molecule has 0 saturated heterocycles. The predicted octanol–water partition coefficient (Wildman–Crippen LogP) is 2.24. The Balaban J connectivity index is 2.02. The van der Waals surface area contributed by atoms with E-state index in [9.17, 15) is 4.79 Å². The van der Waals surface area contributed by atoms with Gasteiger partial charge >= 0.3 is 0 Å². The topological polar surface area (TPSA) is 55.6 Å². The van der Waals surface area contributed by atoms with Crippen molar-refractivity contribution in [2.45, 2.75) is 38.3 Å². The third kappa shape index (κ3) is 4.04. The van der Waals surface area contributed by atoms with Crippen molar-refractivity contribution >= 4 is 17.2 Å². The minimum absolute atomic E-state index is 0.0134. The van der Waals surface area contributed by atoms with Gasteiger partial charge in [-0.1, -0.05) is 18.9 Å². The van der Waals surface area contributed by atoms with E-state index in [1.807, 2.05) is 16.3 Å². The van der Waals surface area contributed by atoms with E-state index in [0.717, 1.165) is 25.7 Å². The smallest absolute Gasteiger partial charge is 0.227 e. The van der Waals surface area contributed by atoms with Crippen molar-refractivity contribution < 1.29 is 9.53 Å². The molecule has 1 heterocycles. The molecule has 2 rings (SSSR count). The fourth-order valence-electron chi connectivity index (χ4n) is 2.76. The summed E-state index contributed by atoms with van der Waals surface area (Å²) in [6, 6.07) is 4.11. The van der Waals surface area contributed by atoms with Gasteiger partial charge in [-0.05, 0) is 24.3 Å². The minimum atomic E-state index is -0.0134. The van der Waals surface area contributed by atoms with Crippen LogP contribution in [0.2, 0.25) is 0 Å². The maximum atomic E-state index is 12.7. The van der Waals surface area contributed by atoms with Crippen molar-refractivity contribution in [2.75, 3.05) is 20.3 Å². The number of nitrogens with two attached hydrogens (primary N) is 1. The summed E-state index contributed by atoms with van der Waals surface area (Å²) in [4.78, 5) is 15.9. The molecule has 1 aliphatic rings. The van der Waals surface area contributed by atoms with Crippen molar-refractivity contribution in [2.24, 2.45) is 11.7 Å². The lowest BCUT2D eigenvalue weighted by molar-refractivity contribution is -0.138. The van der Waals surface area contributed by atoms with Gasteiger partial charge in [-0.15, -0.1) is 11.3 Å². The van der Waals surface area contributed by atoms with Crippen molar-refractivity contribution in [3.63, 3.8) is 0 Å². The molecule has 5 heteroatoms. The second-order valence-electron chi connectivity index (χ2n) is 5.39. The van der Waals surface area contributed by atoms with Crippen LogP contribution in [0, 0.1) is 5.92 Å². The fraction of sp³-hybridized carbons (Fsp3) is 0.667. The maximum Gasteiger partial charge on any atom is 0.227 e. The summed E-state index contributed by atoms with van der Waals surface area (Å²) in [6.45, 7) is 1.87. The molecular weight excluding hydrogens is 272 g/mol. The SMILES string of the molecule is COCCN(Cc1cccs1)C(=O)C1CCCCC1N. The lowest BCUT2D eigenvalue weighted by atomic mass is 9.84. The van der Waals surface area contributed by atoms with Crippen molar-refractivity contribution in [1.29, 1.82) is 0 Å². The Morgan fingerprint density at radius 1 is 1.50 bits per heavy atom. The van der Waals surface area contributed by atoms with Crippen LogP contribution in [0.15, 0.2) is 17.5 Å². The van der Waals surface area contributed by atoms with Crippen LogP contribution < -0.4 is 5.73 Å². The third-order valence-corrected chi connectivity index (χ3v) is 4.80. The van der Waals surface area contributed by atoms with Crippen LogP contribution in [-0.4, -0.2) is 37.1 Å². The van der Waals surface area contributed by atoms with Crippen LogP contribution in [0.4, 0.5) is 0 Å². The number of ether oxygens (including phenoxy) is 1. The standard InChI is InChI=1S/C15H24N2O2S/c1-19-9-8-17(11-12-5-4-10-20-12)15(18)13-6-2-3-7-14(13)16/h4-5,10,13-14H,2-3,6-9,11,16H2,1H3. The van der Waals surface area contributed by atoms with E-state index in [1.54, 1.807) is 18.4 Å². The van der Waals surface area contributed by atoms with E-state index >= 15 is 0 Å². The highest BCUT2D eigenvalue weighted by molar-refractivity contribution is 7.09. The second-order valence-corrected chi connectivity index (χ2v) is 6.42. The van der Waals surface area contributed by atoms with Crippen molar-refractivity contribution in [3.8, 4) is 0 Å². The summed E-state index contributed by atoms with van der Waals surface area (Å²) in [5.41, 5.74) is 6.14. The number of hydrogen-bond donors (Lipinski definition) is 1. The zero-order valence-corrected chi connectivity index (χ0v) is 12.9. The molecule has 1 amide bonds. The van der Waals surface area contributed by atoms with E-state index in [0.29, 0.717) is 19.7 Å². The third-order valence-electron chi connectivity index (χ3n) is 3.94. The average Bonchev–Trinajstić information content (AvgIpc) is 2.96. The van der Waals surface area contributed by atoms with Gasteiger partial charge in [-0.2, -0.15) is 0 Å². The van der Waals surface area contributed by atoms with Gasteiger partial charge in [0.15, 0.2) is 0 Å². The minimum Gasteiger partial charge on any atom is -0.383 e. The predicted molar refractivity (Wildman–Crippen MR) is 81.5 cm³/mol. The Morgan fingerprint density at radius 3 is 2.95 bits per heavy atom. The molecule has 0 aliphatic heterocycles. The summed E-state index contributed by atoms with van der Waals surface area (Å²) in [6.07, 6.45) is 4.15. The number of hydrogen-bond acceptors (Lipinski definition) is 4. The molecule has 4 nitrogen and oxygen atoms in total. The Hall–Kier alpha value is -0.910. The van der Waals surface area contributed by atoms with Gasteiger partial charge in [0.2, 0.25) is 5.91 Å². The summed E-state index contributed by atoms with van der Waals surface area (Å²) >= 11 is 1.68. The number of rotatable bonds is 6. The van der Waals surface area contributed by atoms with Crippen LogP contribution in [0.5, 0.6) is 0 Å². The quantitative estimate of drug-likeness (QED) is 0.876. The largest absolute Gasteiger partial charge is 0.383 e. The molecule has 0 spiro atoms. The first-order chi connectivity index (χ1) is 9.72. The van der Waals surface area contributed by atoms with Crippen LogP contribution in [-0.2, 0) is 16.1 Å². The fourth-order valence-corrected chi connectivity index (χ4v) is 3.48. The summed E-state index contributed by atoms with van der Waals surface area (Å²) < 4.78 is 5.13. The molecule has 20 heavy (non-hydrogen) atoms. The molecule has 0 bridgehead atoms. The molecule has 2 atom stereocenters. The number of thiophene rings is 1. The van der Waals surface area contributed by atoms with Gasteiger partial charge in [0.1, 0.15) is 0 Å². The monoisotopic (exact) mass is 296 g/mol. The summed E-state index contributed by atoms with van der Waals surface area (Å²) in [5, 5.41) is 2.04. The molecule has 1 saturated carbocycles. The highest BCUT2D eigenvalue weighted by atomic mass is 32.1. The lowest BCUT2D eigenvalue weighted by Gasteiger charge is -2.32. The summed E-state index contributed by atoms with van der Waals surface area (Å²) in [7, 11) is 1.67. The molecule has 1 aromatic rings. The van der Waals surface area contributed by atoms with Gasteiger partial charge in [0.05, 0.1) is 19.1 Å². The van der Waals surface area contributed by atoms with Crippen molar-refractivity contribution in [1.82, 2.24) is 4.90 Å². The molecule has 0 aromatic carbocycles. The Kier molecular flexibility index (Phi) is 6.01. The molecule has 1 fully saturated rings. The average molecular weight is 296 g/mol. The van der Waals surface area contributed by atoms with Gasteiger partial charge in [-0.25, -0.2) is 0 Å². The highest BCUT2D eigenvalue weighted by Crippen LogP contribution is 2.25. The van der Waals surface area contributed by atoms with E-state index < -0.39 is 0 Å². The van der Waals surface area contributed by atoms with Gasteiger partial charge < -0.3 is 15.4 Å². The first-order valence-corrected chi connectivity index (χ1v) is 8.16. The zero-order valence-electron chi connectivity index (χ0n) is 12.1.